The standard InChI is InChI=1S/C23H28N4O3/c1-25-19-13-16(9-10-17(19)14-24-25)22(28)27-15-21(23(29)26-11-5-2-6-12-26)30-20-8-4-3-7-18(20)27/h3-4,7-8,14,16,21H,2,5-6,9-13,15H2,1H3. The quantitative estimate of drug-likeness (QED) is 0.765. The van der Waals surface area contributed by atoms with Crippen molar-refractivity contribution in [2.24, 2.45) is 13.0 Å². The van der Waals surface area contributed by atoms with Crippen molar-refractivity contribution in [1.82, 2.24) is 14.7 Å². The molecule has 0 saturated carbocycles. The Bertz CT molecular complexity index is 963. The van der Waals surface area contributed by atoms with Gasteiger partial charge in [-0.3, -0.25) is 14.3 Å². The van der Waals surface area contributed by atoms with Gasteiger partial charge in [0.25, 0.3) is 5.91 Å². The number of aryl methyl sites for hydroxylation is 2. The highest BCUT2D eigenvalue weighted by atomic mass is 16.5. The number of amides is 2. The van der Waals surface area contributed by atoms with E-state index in [0.29, 0.717) is 12.2 Å². The second-order valence-corrected chi connectivity index (χ2v) is 8.59. The van der Waals surface area contributed by atoms with E-state index in [1.807, 2.05) is 47.1 Å². The number of anilines is 1. The lowest BCUT2D eigenvalue weighted by Gasteiger charge is -2.39. The minimum Gasteiger partial charge on any atom is -0.476 e. The molecule has 1 aromatic carbocycles. The van der Waals surface area contributed by atoms with Gasteiger partial charge < -0.3 is 14.5 Å². The Morgan fingerprint density at radius 1 is 1.10 bits per heavy atom. The van der Waals surface area contributed by atoms with E-state index in [0.717, 1.165) is 50.2 Å². The molecule has 2 aliphatic heterocycles. The number of rotatable bonds is 2. The van der Waals surface area contributed by atoms with Gasteiger partial charge in [0.1, 0.15) is 5.75 Å². The number of likely N-dealkylation sites (tertiary alicyclic amines) is 1. The molecule has 2 atom stereocenters. The molecular weight excluding hydrogens is 380 g/mol. The molecule has 1 aliphatic carbocycles. The highest BCUT2D eigenvalue weighted by molar-refractivity contribution is 5.98. The van der Waals surface area contributed by atoms with Crippen LogP contribution in [-0.2, 0) is 29.5 Å². The topological polar surface area (TPSA) is 67.7 Å². The van der Waals surface area contributed by atoms with E-state index < -0.39 is 6.10 Å². The van der Waals surface area contributed by atoms with E-state index in [4.69, 9.17) is 4.74 Å². The molecule has 2 unspecified atom stereocenters. The Hall–Kier alpha value is -2.83. The number of hydrogen-bond donors (Lipinski definition) is 0. The van der Waals surface area contributed by atoms with Crippen LogP contribution in [0.4, 0.5) is 5.69 Å². The van der Waals surface area contributed by atoms with Gasteiger partial charge in [-0.1, -0.05) is 12.1 Å². The average Bonchev–Trinajstić information content (AvgIpc) is 3.18. The van der Waals surface area contributed by atoms with E-state index in [1.54, 1.807) is 4.90 Å². The zero-order valence-corrected chi connectivity index (χ0v) is 17.4. The molecule has 2 aromatic rings. The maximum atomic E-state index is 13.6. The van der Waals surface area contributed by atoms with Crippen LogP contribution in [0, 0.1) is 5.92 Å². The molecule has 0 bridgehead atoms. The maximum absolute atomic E-state index is 13.6. The summed E-state index contributed by atoms with van der Waals surface area (Å²) in [6, 6.07) is 7.56. The maximum Gasteiger partial charge on any atom is 0.265 e. The molecule has 1 fully saturated rings. The lowest BCUT2D eigenvalue weighted by atomic mass is 9.86. The van der Waals surface area contributed by atoms with Crippen molar-refractivity contribution in [3.8, 4) is 5.75 Å². The fraction of sp³-hybridized carbons (Fsp3) is 0.522. The summed E-state index contributed by atoms with van der Waals surface area (Å²) in [5.41, 5.74) is 3.14. The molecule has 158 valence electrons. The summed E-state index contributed by atoms with van der Waals surface area (Å²) < 4.78 is 7.96. The Morgan fingerprint density at radius 3 is 2.73 bits per heavy atom. The Morgan fingerprint density at radius 2 is 1.90 bits per heavy atom. The number of carbonyl (C=O) groups is 2. The third-order valence-electron chi connectivity index (χ3n) is 6.68. The molecule has 30 heavy (non-hydrogen) atoms. The average molecular weight is 409 g/mol. The number of fused-ring (bicyclic) bond motifs is 2. The molecule has 2 amide bonds. The van der Waals surface area contributed by atoms with Gasteiger partial charge in [-0.05, 0) is 49.8 Å². The summed E-state index contributed by atoms with van der Waals surface area (Å²) in [5.74, 6) is 0.586. The molecule has 7 heteroatoms. The normalized spacial score (nSPS) is 23.4. The summed E-state index contributed by atoms with van der Waals surface area (Å²) >= 11 is 0. The van der Waals surface area contributed by atoms with E-state index in [-0.39, 0.29) is 24.3 Å². The predicted molar refractivity (Wildman–Crippen MR) is 112 cm³/mol. The molecule has 0 radical (unpaired) electrons. The van der Waals surface area contributed by atoms with Crippen LogP contribution in [0.15, 0.2) is 30.5 Å². The molecule has 3 aliphatic rings. The number of para-hydroxylation sites is 2. The van der Waals surface area contributed by atoms with Gasteiger partial charge in [-0.2, -0.15) is 5.10 Å². The van der Waals surface area contributed by atoms with Gasteiger partial charge in [-0.15, -0.1) is 0 Å². The number of carbonyl (C=O) groups excluding carboxylic acids is 2. The van der Waals surface area contributed by atoms with Crippen LogP contribution >= 0.6 is 0 Å². The van der Waals surface area contributed by atoms with E-state index in [9.17, 15) is 9.59 Å². The van der Waals surface area contributed by atoms with Crippen molar-refractivity contribution in [1.29, 1.82) is 0 Å². The Kier molecular flexibility index (Phi) is 4.97. The number of hydrogen-bond acceptors (Lipinski definition) is 4. The fourth-order valence-electron chi connectivity index (χ4n) is 4.97. The van der Waals surface area contributed by atoms with Gasteiger partial charge in [0.05, 0.1) is 18.4 Å². The fourth-order valence-corrected chi connectivity index (χ4v) is 4.97. The molecule has 3 heterocycles. The number of piperidine rings is 1. The van der Waals surface area contributed by atoms with Gasteiger partial charge >= 0.3 is 0 Å². The van der Waals surface area contributed by atoms with Gasteiger partial charge in [0.15, 0.2) is 6.10 Å². The van der Waals surface area contributed by atoms with E-state index >= 15 is 0 Å². The first-order chi connectivity index (χ1) is 14.6. The number of aromatic nitrogens is 2. The minimum absolute atomic E-state index is 0.000400. The molecule has 0 spiro atoms. The van der Waals surface area contributed by atoms with Gasteiger partial charge in [0, 0.05) is 38.2 Å². The molecule has 7 nitrogen and oxygen atoms in total. The molecule has 1 saturated heterocycles. The number of nitrogens with zero attached hydrogens (tertiary/aromatic N) is 4. The highest BCUT2D eigenvalue weighted by Crippen LogP contribution is 2.36. The smallest absolute Gasteiger partial charge is 0.265 e. The summed E-state index contributed by atoms with van der Waals surface area (Å²) in [6.07, 6.45) is 6.86. The lowest BCUT2D eigenvalue weighted by molar-refractivity contribution is -0.139. The first-order valence-electron chi connectivity index (χ1n) is 11.0. The van der Waals surface area contributed by atoms with Crippen LogP contribution in [0.1, 0.15) is 36.9 Å². The summed E-state index contributed by atoms with van der Waals surface area (Å²) in [4.78, 5) is 30.4. The SMILES string of the molecule is Cn1ncc2c1CC(C(=O)N1CC(C(=O)N3CCCCC3)Oc3ccccc31)CC2. The highest BCUT2D eigenvalue weighted by Gasteiger charge is 2.39. The summed E-state index contributed by atoms with van der Waals surface area (Å²) in [5, 5.41) is 4.35. The molecule has 5 rings (SSSR count). The van der Waals surface area contributed by atoms with Crippen molar-refractivity contribution >= 4 is 17.5 Å². The Labute approximate surface area is 176 Å². The van der Waals surface area contributed by atoms with Crippen LogP contribution in [0.25, 0.3) is 0 Å². The zero-order valence-electron chi connectivity index (χ0n) is 17.4. The first-order valence-corrected chi connectivity index (χ1v) is 11.0. The minimum atomic E-state index is -0.641. The van der Waals surface area contributed by atoms with Crippen molar-refractivity contribution in [3.63, 3.8) is 0 Å². The van der Waals surface area contributed by atoms with Crippen LogP contribution in [0.5, 0.6) is 5.75 Å². The second-order valence-electron chi connectivity index (χ2n) is 8.59. The van der Waals surface area contributed by atoms with Crippen molar-refractivity contribution < 1.29 is 14.3 Å². The molecule has 1 aromatic heterocycles. The van der Waals surface area contributed by atoms with E-state index in [2.05, 4.69) is 5.10 Å². The van der Waals surface area contributed by atoms with Crippen molar-refractivity contribution in [2.45, 2.75) is 44.6 Å². The second kappa shape index (κ2) is 7.78. The van der Waals surface area contributed by atoms with Crippen LogP contribution in [0.2, 0.25) is 0 Å². The largest absolute Gasteiger partial charge is 0.476 e. The van der Waals surface area contributed by atoms with Crippen LogP contribution < -0.4 is 9.64 Å². The third kappa shape index (κ3) is 3.36. The summed E-state index contributed by atoms with van der Waals surface area (Å²) in [6.45, 7) is 1.83. The van der Waals surface area contributed by atoms with Gasteiger partial charge in [0.2, 0.25) is 5.91 Å². The predicted octanol–water partition coefficient (Wildman–Crippen LogP) is 2.33. The molecular formula is C23H28N4O3. The monoisotopic (exact) mass is 408 g/mol. The van der Waals surface area contributed by atoms with E-state index in [1.165, 1.54) is 12.0 Å². The third-order valence-corrected chi connectivity index (χ3v) is 6.68. The summed E-state index contributed by atoms with van der Waals surface area (Å²) in [7, 11) is 1.93. The van der Waals surface area contributed by atoms with Crippen molar-refractivity contribution in [3.05, 3.63) is 41.7 Å². The van der Waals surface area contributed by atoms with Crippen molar-refractivity contribution in [2.75, 3.05) is 24.5 Å². The van der Waals surface area contributed by atoms with Crippen LogP contribution in [-0.4, -0.2) is 52.2 Å². The number of benzene rings is 1. The first kappa shape index (κ1) is 19.2. The zero-order chi connectivity index (χ0) is 20.7. The Balaban J connectivity index is 1.39. The molecule has 0 N–H and O–H groups in total. The number of ether oxygens (including phenoxy) is 1. The lowest BCUT2D eigenvalue weighted by Crippen LogP contribution is -2.54. The van der Waals surface area contributed by atoms with Crippen LogP contribution in [0.3, 0.4) is 0 Å². The van der Waals surface area contributed by atoms with Gasteiger partial charge in [-0.25, -0.2) is 0 Å².